The number of nitrogens with zero attached hydrogens (tertiary/aromatic N) is 2. The maximum Gasteiger partial charge on any atom is 0.136 e. The Balaban J connectivity index is 0.000000145. The van der Waals surface area contributed by atoms with E-state index in [1.54, 1.807) is 0 Å². The molecule has 580 valence electrons. The van der Waals surface area contributed by atoms with Crippen LogP contribution in [0.2, 0.25) is 0 Å². The Labute approximate surface area is 703 Å². The molecule has 2 heterocycles. The summed E-state index contributed by atoms with van der Waals surface area (Å²) in [5.74, 6) is 1.27. The molecule has 19 aromatic rings. The highest BCUT2D eigenvalue weighted by Crippen LogP contribution is 2.57. The number of fused-ring (bicyclic) bond motifs is 14. The van der Waals surface area contributed by atoms with E-state index in [1.165, 1.54) is 180 Å². The number of anilines is 6. The van der Waals surface area contributed by atoms with Crippen molar-refractivity contribution in [3.8, 4) is 77.9 Å². The van der Waals surface area contributed by atoms with Crippen LogP contribution in [-0.4, -0.2) is 0 Å². The second kappa shape index (κ2) is 29.8. The standard InChI is InChI=1S/C61H49NO.C55H45NO/c1-61(2)55-23-13-11-21-49(55)50-33-31-48(39-56(50)61)62(57-34-30-46(36-53(57)43-17-7-4-8-18-43)42-27-25-41(26-28-42)40-15-5-3-6-16-40)58-37-45-20-10-9-19-44(45)35-54(58)47-29-32-52-51-22-12-14-24-59(51)63-60(52)38-47;1-55(2)49-23-13-11-21-43(49)48-35-42(27-29-50(48)55)56(51-30-26-40(36-15-5-3-6-16-36)32-46(51)37-17-7-4-8-18-37)52-33-39-20-10-9-19-38(39)31-47(52)41-25-28-45-44-22-12-14-24-53(44)57-54(45)34-41/h4,7-14,17-40H,3,5-6,15-16H2,1-2H3;4,7-14,17-36H,3,5-6,15-16H2,1-2H3. The Kier molecular flexibility index (Phi) is 18.1. The van der Waals surface area contributed by atoms with Crippen LogP contribution in [0.15, 0.2) is 373 Å². The Morgan fingerprint density at radius 1 is 0.225 bits per heavy atom. The fraction of sp³-hybridized carbons (Fsp3) is 0.155. The average Bonchev–Trinajstić information content (AvgIpc) is 1.60. The number of hydrogen-bond acceptors (Lipinski definition) is 4. The first-order valence-electron chi connectivity index (χ1n) is 43.5. The van der Waals surface area contributed by atoms with Crippen molar-refractivity contribution in [3.05, 3.63) is 397 Å². The maximum atomic E-state index is 6.54. The lowest BCUT2D eigenvalue weighted by Crippen LogP contribution is -2.17. The zero-order chi connectivity index (χ0) is 80.2. The molecule has 0 bridgehead atoms. The van der Waals surface area contributed by atoms with Crippen LogP contribution in [0.1, 0.15) is 137 Å². The number of rotatable bonds is 13. The maximum absolute atomic E-state index is 6.54. The fourth-order valence-electron chi connectivity index (χ4n) is 21.0. The highest BCUT2D eigenvalue weighted by Gasteiger charge is 2.39. The van der Waals surface area contributed by atoms with Gasteiger partial charge in [-0.3, -0.25) is 0 Å². The van der Waals surface area contributed by atoms with Crippen molar-refractivity contribution < 1.29 is 8.83 Å². The van der Waals surface area contributed by atoms with Gasteiger partial charge in [-0.25, -0.2) is 0 Å². The molecule has 4 nitrogen and oxygen atoms in total. The summed E-state index contributed by atoms with van der Waals surface area (Å²) in [6, 6.07) is 135. The third-order valence-corrected chi connectivity index (χ3v) is 27.3. The van der Waals surface area contributed by atoms with E-state index >= 15 is 0 Å². The minimum absolute atomic E-state index is 0.0811. The van der Waals surface area contributed by atoms with Gasteiger partial charge in [0.1, 0.15) is 22.3 Å². The second-order valence-electron chi connectivity index (χ2n) is 35.1. The average molecular weight is 1550 g/mol. The van der Waals surface area contributed by atoms with Gasteiger partial charge in [0.15, 0.2) is 0 Å². The van der Waals surface area contributed by atoms with Gasteiger partial charge in [-0.2, -0.15) is 0 Å². The summed E-state index contributed by atoms with van der Waals surface area (Å²) in [4.78, 5) is 5.08. The third-order valence-electron chi connectivity index (χ3n) is 27.3. The molecule has 0 unspecified atom stereocenters. The molecule has 2 fully saturated rings. The summed E-state index contributed by atoms with van der Waals surface area (Å²) in [6.45, 7) is 9.48. The largest absolute Gasteiger partial charge is 0.456 e. The topological polar surface area (TPSA) is 32.8 Å². The summed E-state index contributed by atoms with van der Waals surface area (Å²) in [7, 11) is 0. The Morgan fingerprint density at radius 3 is 1.18 bits per heavy atom. The normalized spacial score (nSPS) is 14.7. The highest BCUT2D eigenvalue weighted by molar-refractivity contribution is 6.10. The number of benzene rings is 17. The van der Waals surface area contributed by atoms with Gasteiger partial charge in [0.05, 0.1) is 22.7 Å². The SMILES string of the molecule is CC1(C)c2ccccc2-c2cc(N(c3ccc(C4CCCCC4)cc3-c3ccccc3)c3cc4ccccc4cc3-c3ccc4c(c3)oc3ccccc34)ccc21.CC1(C)c2ccccc2-c2ccc(N(c3ccc(-c4ccc(C5CCCCC5)cc4)cc3-c3ccccc3)c3cc4ccccc4cc3-c3ccc4c(c3)oc3ccccc34)cc21. The van der Waals surface area contributed by atoms with Gasteiger partial charge in [-0.1, -0.05) is 321 Å². The third kappa shape index (κ3) is 12.7. The van der Waals surface area contributed by atoms with Crippen LogP contribution in [0.25, 0.3) is 143 Å². The number of para-hydroxylation sites is 2. The lowest BCUT2D eigenvalue weighted by atomic mass is 9.82. The van der Waals surface area contributed by atoms with Crippen molar-refractivity contribution in [1.29, 1.82) is 0 Å². The summed E-state index contributed by atoms with van der Waals surface area (Å²) < 4.78 is 13.0. The van der Waals surface area contributed by atoms with E-state index in [1.807, 2.05) is 12.1 Å². The first kappa shape index (κ1) is 72.9. The van der Waals surface area contributed by atoms with Crippen LogP contribution in [0.3, 0.4) is 0 Å². The summed E-state index contributed by atoms with van der Waals surface area (Å²) in [5, 5.41) is 9.35. The minimum atomic E-state index is -0.165. The van der Waals surface area contributed by atoms with Gasteiger partial charge in [0.2, 0.25) is 0 Å². The molecule has 120 heavy (non-hydrogen) atoms. The van der Waals surface area contributed by atoms with Crippen LogP contribution in [0.4, 0.5) is 34.1 Å². The monoisotopic (exact) mass is 1550 g/mol. The van der Waals surface area contributed by atoms with Crippen molar-refractivity contribution >= 4 is 99.5 Å². The number of hydrogen-bond donors (Lipinski definition) is 0. The lowest BCUT2D eigenvalue weighted by Gasteiger charge is -2.32. The van der Waals surface area contributed by atoms with Crippen LogP contribution in [0.5, 0.6) is 0 Å². The first-order valence-corrected chi connectivity index (χ1v) is 43.5. The molecular weight excluding hydrogens is 1450 g/mol. The smallest absolute Gasteiger partial charge is 0.136 e. The molecule has 2 saturated carbocycles. The predicted molar refractivity (Wildman–Crippen MR) is 506 cm³/mol. The van der Waals surface area contributed by atoms with E-state index in [0.29, 0.717) is 11.8 Å². The molecule has 0 spiro atoms. The molecule has 0 radical (unpaired) electrons. The van der Waals surface area contributed by atoms with Gasteiger partial charge in [0, 0.05) is 66.0 Å². The summed E-state index contributed by atoms with van der Waals surface area (Å²) >= 11 is 0. The van der Waals surface area contributed by atoms with Gasteiger partial charge in [-0.05, 0) is 257 Å². The molecular formula is C116H94N2O2. The van der Waals surface area contributed by atoms with Crippen LogP contribution in [0, 0.1) is 0 Å². The Morgan fingerprint density at radius 2 is 0.617 bits per heavy atom. The second-order valence-corrected chi connectivity index (χ2v) is 35.1. The molecule has 2 aromatic heterocycles. The molecule has 0 amide bonds. The van der Waals surface area contributed by atoms with E-state index in [4.69, 9.17) is 8.83 Å². The van der Waals surface area contributed by atoms with Gasteiger partial charge >= 0.3 is 0 Å². The molecule has 23 rings (SSSR count). The zero-order valence-electron chi connectivity index (χ0n) is 68.6. The van der Waals surface area contributed by atoms with Gasteiger partial charge in [0.25, 0.3) is 0 Å². The summed E-state index contributed by atoms with van der Waals surface area (Å²) in [5.41, 5.74) is 35.7. The molecule has 17 aromatic carbocycles. The van der Waals surface area contributed by atoms with E-state index in [9.17, 15) is 0 Å². The fourth-order valence-corrected chi connectivity index (χ4v) is 21.0. The molecule has 0 N–H and O–H groups in total. The van der Waals surface area contributed by atoms with Crippen LogP contribution in [-0.2, 0) is 10.8 Å². The van der Waals surface area contributed by atoms with Crippen molar-refractivity contribution in [2.24, 2.45) is 0 Å². The quantitative estimate of drug-likeness (QED) is 0.115. The first-order chi connectivity index (χ1) is 59.0. The van der Waals surface area contributed by atoms with Crippen molar-refractivity contribution in [3.63, 3.8) is 0 Å². The number of furan rings is 2. The molecule has 4 aliphatic carbocycles. The van der Waals surface area contributed by atoms with Crippen LogP contribution >= 0.6 is 0 Å². The van der Waals surface area contributed by atoms with E-state index in [2.05, 4.69) is 389 Å². The molecule has 0 saturated heterocycles. The molecule has 0 atom stereocenters. The highest BCUT2D eigenvalue weighted by atomic mass is 16.3. The molecule has 4 aliphatic rings. The van der Waals surface area contributed by atoms with Crippen molar-refractivity contribution in [1.82, 2.24) is 0 Å². The van der Waals surface area contributed by atoms with Crippen LogP contribution < -0.4 is 9.80 Å². The minimum Gasteiger partial charge on any atom is -0.456 e. The zero-order valence-corrected chi connectivity index (χ0v) is 68.6. The van der Waals surface area contributed by atoms with E-state index < -0.39 is 0 Å². The Bertz CT molecular complexity index is 7190. The lowest BCUT2D eigenvalue weighted by molar-refractivity contribution is 0.443. The molecule has 4 heteroatoms. The predicted octanol–water partition coefficient (Wildman–Crippen LogP) is 33.5. The Hall–Kier alpha value is -13.5. The van der Waals surface area contributed by atoms with Gasteiger partial charge in [-0.15, -0.1) is 0 Å². The van der Waals surface area contributed by atoms with Gasteiger partial charge < -0.3 is 18.6 Å². The van der Waals surface area contributed by atoms with E-state index in [0.717, 1.165) is 94.6 Å². The summed E-state index contributed by atoms with van der Waals surface area (Å²) in [6.07, 6.45) is 13.1. The molecule has 0 aliphatic heterocycles. The van der Waals surface area contributed by atoms with E-state index in [-0.39, 0.29) is 10.8 Å². The van der Waals surface area contributed by atoms with Crippen molar-refractivity contribution in [2.75, 3.05) is 9.80 Å². The van der Waals surface area contributed by atoms with Crippen molar-refractivity contribution in [2.45, 2.75) is 115 Å².